The van der Waals surface area contributed by atoms with E-state index in [1.807, 2.05) is 0 Å². The molecule has 0 aliphatic heterocycles. The molecule has 0 spiro atoms. The SMILES string of the molecule is CC(=O)[O-].CC(=O)[O-].[Cl-].[Na+].[Zn+2]. The molecule has 0 N–H and O–H groups in total. The molecule has 56 valence electrons. The van der Waals surface area contributed by atoms with Gasteiger partial charge in [-0.15, -0.1) is 0 Å². The molecule has 0 aromatic heterocycles. The van der Waals surface area contributed by atoms with Crippen molar-refractivity contribution in [3.8, 4) is 0 Å². The van der Waals surface area contributed by atoms with Gasteiger partial charge in [0.05, 0.1) is 0 Å². The Morgan fingerprint density at radius 1 is 1.00 bits per heavy atom. The van der Waals surface area contributed by atoms with Gasteiger partial charge in [0.15, 0.2) is 0 Å². The Balaban J connectivity index is -0.0000000171. The van der Waals surface area contributed by atoms with Crippen molar-refractivity contribution in [1.29, 1.82) is 0 Å². The normalized spacial score (nSPS) is 4.55. The molecular weight excluding hydrogens is 236 g/mol. The summed E-state index contributed by atoms with van der Waals surface area (Å²) >= 11 is 0. The molecule has 4 nitrogen and oxygen atoms in total. The van der Waals surface area contributed by atoms with Crippen LogP contribution in [0.4, 0.5) is 0 Å². The van der Waals surface area contributed by atoms with Crippen LogP contribution in [0.25, 0.3) is 0 Å². The molecule has 0 amide bonds. The maximum Gasteiger partial charge on any atom is 2.00 e. The number of aliphatic carboxylic acids is 2. The van der Waals surface area contributed by atoms with Crippen molar-refractivity contribution in [2.24, 2.45) is 0 Å². The Bertz CT molecular complexity index is 80.1. The van der Waals surface area contributed by atoms with Gasteiger partial charge in [0, 0.05) is 11.9 Å². The molecule has 0 atom stereocenters. The van der Waals surface area contributed by atoms with Crippen LogP contribution in [-0.4, -0.2) is 11.9 Å². The Morgan fingerprint density at radius 3 is 1.00 bits per heavy atom. The van der Waals surface area contributed by atoms with Gasteiger partial charge >= 0.3 is 49.0 Å². The Morgan fingerprint density at radius 2 is 1.00 bits per heavy atom. The molecule has 0 saturated heterocycles. The Labute approximate surface area is 106 Å². The summed E-state index contributed by atoms with van der Waals surface area (Å²) in [6.45, 7) is 1.94. The summed E-state index contributed by atoms with van der Waals surface area (Å²) in [4.78, 5) is 17.8. The zero-order valence-corrected chi connectivity index (χ0v) is 12.4. The first-order chi connectivity index (χ1) is 3.46. The second kappa shape index (κ2) is 22.4. The van der Waals surface area contributed by atoms with Crippen LogP contribution in [0.3, 0.4) is 0 Å². The number of carbonyl (C=O) groups excluding carboxylic acids is 2. The van der Waals surface area contributed by atoms with Gasteiger partial charge in [0.1, 0.15) is 0 Å². The number of hydrogen-bond acceptors (Lipinski definition) is 4. The topological polar surface area (TPSA) is 80.3 Å². The van der Waals surface area contributed by atoms with Crippen LogP contribution in [0.15, 0.2) is 0 Å². The average Bonchev–Trinajstić information content (AvgIpc) is 1.25. The van der Waals surface area contributed by atoms with E-state index >= 15 is 0 Å². The smallest absolute Gasteiger partial charge is 1.00 e. The summed E-state index contributed by atoms with van der Waals surface area (Å²) in [5.41, 5.74) is 0. The second-order valence-electron chi connectivity index (χ2n) is 0.983. The summed E-state index contributed by atoms with van der Waals surface area (Å²) in [6.07, 6.45) is 0. The molecule has 0 rings (SSSR count). The molecule has 0 aliphatic carbocycles. The molecule has 0 bridgehead atoms. The van der Waals surface area contributed by atoms with Gasteiger partial charge in [-0.2, -0.15) is 0 Å². The van der Waals surface area contributed by atoms with Gasteiger partial charge < -0.3 is 32.2 Å². The predicted molar refractivity (Wildman–Crippen MR) is 21.4 cm³/mol. The van der Waals surface area contributed by atoms with Crippen molar-refractivity contribution in [2.75, 3.05) is 0 Å². The van der Waals surface area contributed by atoms with Crippen LogP contribution in [0.5, 0.6) is 0 Å². The zero-order valence-electron chi connectivity index (χ0n) is 6.72. The van der Waals surface area contributed by atoms with E-state index in [4.69, 9.17) is 19.8 Å². The molecule has 0 fully saturated rings. The first-order valence-corrected chi connectivity index (χ1v) is 1.82. The number of carboxylic acids is 2. The van der Waals surface area contributed by atoms with Crippen LogP contribution in [0, 0.1) is 0 Å². The first kappa shape index (κ1) is 29.7. The minimum absolute atomic E-state index is 0. The zero-order chi connectivity index (χ0) is 7.15. The molecule has 0 aliphatic rings. The summed E-state index contributed by atoms with van der Waals surface area (Å²) in [7, 11) is 0. The van der Waals surface area contributed by atoms with Crippen LogP contribution in [0.2, 0.25) is 0 Å². The standard InChI is InChI=1S/2C2H4O2.ClH.Na.Zn/c2*1-2(3)4;;;/h2*1H3,(H,3,4);1H;;/q;;;+1;+2/p-3. The summed E-state index contributed by atoms with van der Waals surface area (Å²) in [5.74, 6) is -2.17. The predicted octanol–water partition coefficient (Wildman–Crippen LogP) is -8.48. The Kier molecular flexibility index (Phi) is 60.6. The van der Waals surface area contributed by atoms with Gasteiger partial charge in [-0.05, 0) is 13.8 Å². The van der Waals surface area contributed by atoms with Gasteiger partial charge in [-0.3, -0.25) is 0 Å². The summed E-state index contributed by atoms with van der Waals surface area (Å²) < 4.78 is 0. The molecule has 11 heavy (non-hydrogen) atoms. The second-order valence-corrected chi connectivity index (χ2v) is 0.983. The molecule has 0 aromatic rings. The number of carbonyl (C=O) groups is 2. The number of halogens is 1. The number of hydrogen-bond donors (Lipinski definition) is 0. The van der Waals surface area contributed by atoms with Crippen LogP contribution in [-0.2, 0) is 29.1 Å². The molecule has 0 radical (unpaired) electrons. The maximum atomic E-state index is 8.89. The Hall–Kier alpha value is 0.853. The van der Waals surface area contributed by atoms with E-state index in [1.165, 1.54) is 0 Å². The minimum atomic E-state index is -1.08. The van der Waals surface area contributed by atoms with Crippen molar-refractivity contribution in [1.82, 2.24) is 0 Å². The third-order valence-electron chi connectivity index (χ3n) is 0. The molecule has 0 unspecified atom stereocenters. The van der Waals surface area contributed by atoms with Crippen LogP contribution >= 0.6 is 0 Å². The third-order valence-corrected chi connectivity index (χ3v) is 0. The monoisotopic (exact) mass is 240 g/mol. The van der Waals surface area contributed by atoms with E-state index in [9.17, 15) is 0 Å². The van der Waals surface area contributed by atoms with E-state index in [1.54, 1.807) is 0 Å². The number of carboxylic acid groups (broad SMARTS) is 2. The van der Waals surface area contributed by atoms with E-state index in [2.05, 4.69) is 0 Å². The quantitative estimate of drug-likeness (QED) is 0.395. The van der Waals surface area contributed by atoms with Gasteiger partial charge in [-0.25, -0.2) is 0 Å². The molecule has 0 saturated carbocycles. The van der Waals surface area contributed by atoms with Crippen LogP contribution < -0.4 is 52.2 Å². The van der Waals surface area contributed by atoms with Crippen molar-refractivity contribution in [3.63, 3.8) is 0 Å². The molecule has 0 heterocycles. The minimum Gasteiger partial charge on any atom is -1.00 e. The molecular formula is C4H6ClNaO4Zn. The van der Waals surface area contributed by atoms with Crippen molar-refractivity contribution in [2.45, 2.75) is 13.8 Å². The van der Waals surface area contributed by atoms with Crippen molar-refractivity contribution in [3.05, 3.63) is 0 Å². The van der Waals surface area contributed by atoms with Crippen molar-refractivity contribution >= 4 is 11.9 Å². The maximum absolute atomic E-state index is 8.89. The largest absolute Gasteiger partial charge is 2.00 e. The fraction of sp³-hybridized carbons (Fsp3) is 0.500. The van der Waals surface area contributed by atoms with E-state index in [0.717, 1.165) is 13.8 Å². The summed E-state index contributed by atoms with van der Waals surface area (Å²) in [6, 6.07) is 0. The van der Waals surface area contributed by atoms with Crippen molar-refractivity contribution < 1.29 is 81.2 Å². The number of rotatable bonds is 0. The molecule has 7 heteroatoms. The summed E-state index contributed by atoms with van der Waals surface area (Å²) in [5, 5.41) is 17.8. The van der Waals surface area contributed by atoms with E-state index in [0.29, 0.717) is 0 Å². The average molecular weight is 242 g/mol. The molecule has 0 aromatic carbocycles. The van der Waals surface area contributed by atoms with Gasteiger partial charge in [0.2, 0.25) is 0 Å². The fourth-order valence-electron chi connectivity index (χ4n) is 0. The van der Waals surface area contributed by atoms with Gasteiger partial charge in [-0.1, -0.05) is 0 Å². The third kappa shape index (κ3) is 1170. The first-order valence-electron chi connectivity index (χ1n) is 1.82. The van der Waals surface area contributed by atoms with Gasteiger partial charge in [0.25, 0.3) is 0 Å². The van der Waals surface area contributed by atoms with E-state index in [-0.39, 0.29) is 61.4 Å². The van der Waals surface area contributed by atoms with E-state index < -0.39 is 11.9 Å². The fourth-order valence-corrected chi connectivity index (χ4v) is 0. The van der Waals surface area contributed by atoms with Crippen LogP contribution in [0.1, 0.15) is 13.8 Å².